The van der Waals surface area contributed by atoms with Crippen LogP contribution < -0.4 is 11.1 Å². The second-order valence-corrected chi connectivity index (χ2v) is 7.05. The molecular weight excluding hydrogens is 286 g/mol. The van der Waals surface area contributed by atoms with E-state index in [9.17, 15) is 4.79 Å². The van der Waals surface area contributed by atoms with Crippen LogP contribution in [0.15, 0.2) is 18.2 Å². The van der Waals surface area contributed by atoms with Crippen molar-refractivity contribution in [3.8, 4) is 0 Å². The van der Waals surface area contributed by atoms with Gasteiger partial charge in [-0.15, -0.1) is 0 Å². The molecule has 1 amide bonds. The summed E-state index contributed by atoms with van der Waals surface area (Å²) in [4.78, 5) is 14.7. The first-order chi connectivity index (χ1) is 9.78. The molecule has 1 atom stereocenters. The molecule has 1 aromatic carbocycles. The summed E-state index contributed by atoms with van der Waals surface area (Å²) >= 11 is 6.10. The first kappa shape index (κ1) is 16.1. The first-order valence-electron chi connectivity index (χ1n) is 7.38. The third-order valence-electron chi connectivity index (χ3n) is 4.11. The number of carbonyl (C=O) groups is 1. The van der Waals surface area contributed by atoms with Crippen LogP contribution in [0.3, 0.4) is 0 Å². The van der Waals surface area contributed by atoms with Crippen LogP contribution in [0.1, 0.15) is 33.6 Å². The molecule has 1 aliphatic heterocycles. The number of nitrogens with zero attached hydrogens (tertiary/aromatic N) is 1. The summed E-state index contributed by atoms with van der Waals surface area (Å²) in [7, 11) is 0. The van der Waals surface area contributed by atoms with E-state index < -0.39 is 0 Å². The lowest BCUT2D eigenvalue weighted by Crippen LogP contribution is -2.49. The Hall–Kier alpha value is -1.26. The quantitative estimate of drug-likeness (QED) is 0.842. The largest absolute Gasteiger partial charge is 0.399 e. The number of hydrogen-bond acceptors (Lipinski definition) is 3. The number of hydrogen-bond donors (Lipinski definition) is 2. The summed E-state index contributed by atoms with van der Waals surface area (Å²) in [5.74, 6) is -0.0284. The van der Waals surface area contributed by atoms with Crippen molar-refractivity contribution in [3.05, 3.63) is 23.2 Å². The van der Waals surface area contributed by atoms with Crippen molar-refractivity contribution in [2.75, 3.05) is 24.1 Å². The molecule has 116 valence electrons. The minimum atomic E-state index is -0.168. The van der Waals surface area contributed by atoms with Gasteiger partial charge in [0, 0.05) is 12.2 Å². The number of anilines is 2. The van der Waals surface area contributed by atoms with Crippen LogP contribution in [0, 0.1) is 5.41 Å². The number of halogens is 1. The van der Waals surface area contributed by atoms with Gasteiger partial charge in [0.1, 0.15) is 0 Å². The SMILES string of the molecule is CC(C(=O)Nc1ccc(N)cc1Cl)N1CCCC(C)(C)C1. The number of rotatable bonds is 3. The molecule has 0 aliphatic carbocycles. The molecule has 0 bridgehead atoms. The van der Waals surface area contributed by atoms with Gasteiger partial charge in [-0.25, -0.2) is 0 Å². The molecule has 1 aromatic rings. The Morgan fingerprint density at radius 2 is 2.19 bits per heavy atom. The molecule has 1 saturated heterocycles. The lowest BCUT2D eigenvalue weighted by atomic mass is 9.83. The number of amides is 1. The fourth-order valence-corrected chi connectivity index (χ4v) is 3.07. The Kier molecular flexibility index (Phi) is 4.79. The van der Waals surface area contributed by atoms with E-state index in [4.69, 9.17) is 17.3 Å². The second kappa shape index (κ2) is 6.24. The van der Waals surface area contributed by atoms with E-state index in [1.807, 2.05) is 6.92 Å². The van der Waals surface area contributed by atoms with Crippen molar-refractivity contribution < 1.29 is 4.79 Å². The molecule has 1 aliphatic rings. The van der Waals surface area contributed by atoms with Crippen LogP contribution in [0.4, 0.5) is 11.4 Å². The highest BCUT2D eigenvalue weighted by atomic mass is 35.5. The van der Waals surface area contributed by atoms with E-state index in [2.05, 4.69) is 24.1 Å². The molecule has 0 saturated carbocycles. The Morgan fingerprint density at radius 3 is 2.81 bits per heavy atom. The molecule has 1 heterocycles. The van der Waals surface area contributed by atoms with Gasteiger partial charge >= 0.3 is 0 Å². The molecule has 0 aromatic heterocycles. The Bertz CT molecular complexity index is 530. The minimum Gasteiger partial charge on any atom is -0.399 e. The molecule has 0 spiro atoms. The summed E-state index contributed by atoms with van der Waals surface area (Å²) in [5, 5.41) is 3.36. The number of piperidine rings is 1. The molecule has 4 nitrogen and oxygen atoms in total. The summed E-state index contributed by atoms with van der Waals surface area (Å²) < 4.78 is 0. The van der Waals surface area contributed by atoms with Crippen LogP contribution in [0.2, 0.25) is 5.02 Å². The molecule has 0 radical (unpaired) electrons. The van der Waals surface area contributed by atoms with E-state index in [0.29, 0.717) is 16.4 Å². The maximum atomic E-state index is 12.4. The smallest absolute Gasteiger partial charge is 0.241 e. The highest BCUT2D eigenvalue weighted by Crippen LogP contribution is 2.30. The van der Waals surface area contributed by atoms with Gasteiger partial charge < -0.3 is 11.1 Å². The second-order valence-electron chi connectivity index (χ2n) is 6.64. The van der Waals surface area contributed by atoms with E-state index in [0.717, 1.165) is 19.5 Å². The zero-order valence-corrected chi connectivity index (χ0v) is 13.7. The number of nitrogens with one attached hydrogen (secondary N) is 1. The van der Waals surface area contributed by atoms with Crippen molar-refractivity contribution in [2.45, 2.75) is 39.7 Å². The summed E-state index contributed by atoms with van der Waals surface area (Å²) in [6.07, 6.45) is 2.34. The zero-order chi connectivity index (χ0) is 15.6. The number of carbonyl (C=O) groups excluding carboxylic acids is 1. The monoisotopic (exact) mass is 309 g/mol. The zero-order valence-electron chi connectivity index (χ0n) is 12.9. The van der Waals surface area contributed by atoms with Gasteiger partial charge in [-0.05, 0) is 49.9 Å². The van der Waals surface area contributed by atoms with E-state index in [1.54, 1.807) is 18.2 Å². The predicted molar refractivity (Wildman–Crippen MR) is 88.5 cm³/mol. The summed E-state index contributed by atoms with van der Waals surface area (Å²) in [6, 6.07) is 4.95. The predicted octanol–water partition coefficient (Wildman–Crippen LogP) is 3.37. The lowest BCUT2D eigenvalue weighted by Gasteiger charge is -2.40. The van der Waals surface area contributed by atoms with Crippen molar-refractivity contribution in [3.63, 3.8) is 0 Å². The average molecular weight is 310 g/mol. The highest BCUT2D eigenvalue weighted by molar-refractivity contribution is 6.34. The Balaban J connectivity index is 2.02. The third-order valence-corrected chi connectivity index (χ3v) is 4.42. The Morgan fingerprint density at radius 1 is 1.48 bits per heavy atom. The number of likely N-dealkylation sites (tertiary alicyclic amines) is 1. The molecule has 1 fully saturated rings. The first-order valence-corrected chi connectivity index (χ1v) is 7.76. The van der Waals surface area contributed by atoms with Gasteiger partial charge in [-0.1, -0.05) is 25.4 Å². The van der Waals surface area contributed by atoms with Gasteiger partial charge in [0.25, 0.3) is 0 Å². The normalized spacial score (nSPS) is 20.0. The van der Waals surface area contributed by atoms with Gasteiger partial charge in [-0.3, -0.25) is 9.69 Å². The highest BCUT2D eigenvalue weighted by Gasteiger charge is 2.31. The van der Waals surface area contributed by atoms with Crippen LogP contribution in [0.25, 0.3) is 0 Å². The van der Waals surface area contributed by atoms with E-state index in [1.165, 1.54) is 6.42 Å². The van der Waals surface area contributed by atoms with Crippen LogP contribution in [-0.2, 0) is 4.79 Å². The Labute approximate surface area is 131 Å². The van der Waals surface area contributed by atoms with Crippen molar-refractivity contribution in [1.29, 1.82) is 0 Å². The number of nitrogen functional groups attached to an aromatic ring is 1. The van der Waals surface area contributed by atoms with Crippen LogP contribution in [-0.4, -0.2) is 29.9 Å². The standard InChI is InChI=1S/C16H24ClN3O/c1-11(20-8-4-7-16(2,3)10-20)15(21)19-14-6-5-12(18)9-13(14)17/h5-6,9,11H,4,7-8,10,18H2,1-3H3,(H,19,21). The fourth-order valence-electron chi connectivity index (χ4n) is 2.83. The van der Waals surface area contributed by atoms with Gasteiger partial charge in [0.2, 0.25) is 5.91 Å². The van der Waals surface area contributed by atoms with Crippen molar-refractivity contribution >= 4 is 28.9 Å². The summed E-state index contributed by atoms with van der Waals surface area (Å²) in [6.45, 7) is 8.35. The van der Waals surface area contributed by atoms with Gasteiger partial charge in [0.15, 0.2) is 0 Å². The van der Waals surface area contributed by atoms with Gasteiger partial charge in [-0.2, -0.15) is 0 Å². The van der Waals surface area contributed by atoms with E-state index >= 15 is 0 Å². The molecule has 1 unspecified atom stereocenters. The topological polar surface area (TPSA) is 58.4 Å². The fraction of sp³-hybridized carbons (Fsp3) is 0.562. The van der Waals surface area contributed by atoms with Gasteiger partial charge in [0.05, 0.1) is 16.8 Å². The minimum absolute atomic E-state index is 0.0284. The van der Waals surface area contributed by atoms with Crippen LogP contribution in [0.5, 0.6) is 0 Å². The third kappa shape index (κ3) is 4.11. The summed E-state index contributed by atoms with van der Waals surface area (Å²) in [5.41, 5.74) is 7.13. The van der Waals surface area contributed by atoms with Crippen LogP contribution >= 0.6 is 11.6 Å². The molecule has 21 heavy (non-hydrogen) atoms. The number of nitrogens with two attached hydrogens (primary N) is 1. The molecule has 2 rings (SSSR count). The molecule has 3 N–H and O–H groups in total. The van der Waals surface area contributed by atoms with Crippen molar-refractivity contribution in [2.24, 2.45) is 5.41 Å². The number of benzene rings is 1. The van der Waals surface area contributed by atoms with Crippen molar-refractivity contribution in [1.82, 2.24) is 4.90 Å². The molecule has 5 heteroatoms. The molecular formula is C16H24ClN3O. The maximum absolute atomic E-state index is 12.4. The lowest BCUT2D eigenvalue weighted by molar-refractivity contribution is -0.121. The van der Waals surface area contributed by atoms with E-state index in [-0.39, 0.29) is 17.4 Å². The maximum Gasteiger partial charge on any atom is 0.241 e. The average Bonchev–Trinajstić information content (AvgIpc) is 2.40.